The Bertz CT molecular complexity index is 744. The summed E-state index contributed by atoms with van der Waals surface area (Å²) in [5, 5.41) is 0. The van der Waals surface area contributed by atoms with Gasteiger partial charge in [-0.25, -0.2) is 4.98 Å². The lowest BCUT2D eigenvalue weighted by Gasteiger charge is -2.15. The predicted octanol–water partition coefficient (Wildman–Crippen LogP) is 1.86. The van der Waals surface area contributed by atoms with Gasteiger partial charge in [0.1, 0.15) is 6.26 Å². The Morgan fingerprint density at radius 3 is 2.84 bits per heavy atom. The summed E-state index contributed by atoms with van der Waals surface area (Å²) in [6, 6.07) is 5.95. The van der Waals surface area contributed by atoms with E-state index in [0.717, 1.165) is 30.9 Å². The molecule has 0 aliphatic carbocycles. The van der Waals surface area contributed by atoms with Gasteiger partial charge in [-0.15, -0.1) is 0 Å². The van der Waals surface area contributed by atoms with Gasteiger partial charge in [0.05, 0.1) is 20.8 Å². The Kier molecular flexibility index (Phi) is 5.23. The smallest absolute Gasteiger partial charge is 0.275 e. The van der Waals surface area contributed by atoms with Gasteiger partial charge in [0.2, 0.25) is 5.89 Å². The van der Waals surface area contributed by atoms with Crippen molar-refractivity contribution >= 4 is 5.91 Å². The molecule has 2 heterocycles. The molecule has 1 fully saturated rings. The van der Waals surface area contributed by atoms with E-state index in [9.17, 15) is 4.79 Å². The molecule has 2 aromatic rings. The molecule has 1 saturated heterocycles. The minimum atomic E-state index is -0.0988. The molecule has 1 aliphatic heterocycles. The fourth-order valence-corrected chi connectivity index (χ4v) is 3.19. The molecule has 0 radical (unpaired) electrons. The largest absolute Gasteiger partial charge is 0.493 e. The summed E-state index contributed by atoms with van der Waals surface area (Å²) >= 11 is 0. The van der Waals surface area contributed by atoms with Crippen LogP contribution in [0.1, 0.15) is 28.4 Å². The number of nitrogens with zero attached hydrogens (tertiary/aromatic N) is 2. The highest BCUT2D eigenvalue weighted by atomic mass is 16.5. The van der Waals surface area contributed by atoms with Crippen LogP contribution >= 0.6 is 0 Å². The van der Waals surface area contributed by atoms with E-state index in [1.165, 1.54) is 11.8 Å². The number of hydrogen-bond acceptors (Lipinski definition) is 6. The van der Waals surface area contributed by atoms with Crippen LogP contribution in [0.5, 0.6) is 11.5 Å². The number of benzene rings is 1. The van der Waals surface area contributed by atoms with Crippen LogP contribution in [-0.2, 0) is 13.0 Å². The summed E-state index contributed by atoms with van der Waals surface area (Å²) in [6.07, 6.45) is 3.23. The zero-order valence-electron chi connectivity index (χ0n) is 14.5. The monoisotopic (exact) mass is 345 g/mol. The minimum absolute atomic E-state index is 0.0988. The van der Waals surface area contributed by atoms with Gasteiger partial charge in [-0.05, 0) is 36.5 Å². The number of oxazole rings is 1. The highest BCUT2D eigenvalue weighted by Gasteiger charge is 2.28. The molecule has 25 heavy (non-hydrogen) atoms. The first kappa shape index (κ1) is 17.3. The molecule has 1 unspecified atom stereocenters. The third-order valence-corrected chi connectivity index (χ3v) is 4.49. The van der Waals surface area contributed by atoms with Crippen LogP contribution in [-0.4, -0.2) is 43.1 Å². The number of likely N-dealkylation sites (tertiary alicyclic amines) is 1. The van der Waals surface area contributed by atoms with Gasteiger partial charge in [0, 0.05) is 13.1 Å². The fraction of sp³-hybridized carbons (Fsp3) is 0.444. The van der Waals surface area contributed by atoms with E-state index in [4.69, 9.17) is 19.6 Å². The summed E-state index contributed by atoms with van der Waals surface area (Å²) in [5.41, 5.74) is 6.97. The van der Waals surface area contributed by atoms with Gasteiger partial charge in [0.15, 0.2) is 17.2 Å². The van der Waals surface area contributed by atoms with Gasteiger partial charge in [-0.1, -0.05) is 6.07 Å². The molecule has 2 N–H and O–H groups in total. The van der Waals surface area contributed by atoms with Crippen LogP contribution in [0.15, 0.2) is 28.9 Å². The molecule has 134 valence electrons. The van der Waals surface area contributed by atoms with Gasteiger partial charge in [0.25, 0.3) is 5.91 Å². The number of hydrogen-bond donors (Lipinski definition) is 1. The van der Waals surface area contributed by atoms with Crippen molar-refractivity contribution in [1.82, 2.24) is 9.88 Å². The Hall–Kier alpha value is -2.54. The molecule has 7 nitrogen and oxygen atoms in total. The van der Waals surface area contributed by atoms with E-state index in [-0.39, 0.29) is 12.5 Å². The number of carbonyl (C=O) groups is 1. The molecule has 1 aromatic heterocycles. The van der Waals surface area contributed by atoms with Gasteiger partial charge < -0.3 is 24.5 Å². The third-order valence-electron chi connectivity index (χ3n) is 4.49. The number of ether oxygens (including phenoxy) is 2. The second-order valence-electron chi connectivity index (χ2n) is 6.13. The lowest BCUT2D eigenvalue weighted by molar-refractivity contribution is 0.0781. The maximum absolute atomic E-state index is 12.5. The molecule has 1 aromatic carbocycles. The van der Waals surface area contributed by atoms with E-state index < -0.39 is 0 Å². The zero-order chi connectivity index (χ0) is 17.8. The van der Waals surface area contributed by atoms with Crippen LogP contribution in [0, 0.1) is 5.92 Å². The van der Waals surface area contributed by atoms with Crippen LogP contribution < -0.4 is 15.2 Å². The summed E-state index contributed by atoms with van der Waals surface area (Å²) in [6.45, 7) is 1.62. The highest BCUT2D eigenvalue weighted by Crippen LogP contribution is 2.30. The van der Waals surface area contributed by atoms with Crippen molar-refractivity contribution in [3.05, 3.63) is 41.6 Å². The van der Waals surface area contributed by atoms with Crippen molar-refractivity contribution < 1.29 is 18.7 Å². The van der Waals surface area contributed by atoms with Crippen LogP contribution in [0.25, 0.3) is 0 Å². The Labute approximate surface area is 146 Å². The number of aromatic nitrogens is 1. The fourth-order valence-electron chi connectivity index (χ4n) is 3.19. The second-order valence-corrected chi connectivity index (χ2v) is 6.13. The number of nitrogens with two attached hydrogens (primary N) is 1. The highest BCUT2D eigenvalue weighted by molar-refractivity contribution is 5.92. The molecule has 1 atom stereocenters. The Morgan fingerprint density at radius 1 is 1.36 bits per heavy atom. The van der Waals surface area contributed by atoms with E-state index in [1.807, 2.05) is 23.1 Å². The van der Waals surface area contributed by atoms with E-state index >= 15 is 0 Å². The maximum atomic E-state index is 12.5. The Balaban J connectivity index is 1.62. The molecular weight excluding hydrogens is 322 g/mol. The lowest BCUT2D eigenvalue weighted by Crippen LogP contribution is -2.29. The van der Waals surface area contributed by atoms with Crippen LogP contribution in [0.4, 0.5) is 0 Å². The molecule has 0 saturated carbocycles. The van der Waals surface area contributed by atoms with Crippen LogP contribution in [0.3, 0.4) is 0 Å². The zero-order valence-corrected chi connectivity index (χ0v) is 14.5. The van der Waals surface area contributed by atoms with Crippen molar-refractivity contribution in [2.24, 2.45) is 11.7 Å². The Morgan fingerprint density at radius 2 is 2.16 bits per heavy atom. The summed E-state index contributed by atoms with van der Waals surface area (Å²) in [4.78, 5) is 18.4. The van der Waals surface area contributed by atoms with Gasteiger partial charge in [-0.3, -0.25) is 4.79 Å². The summed E-state index contributed by atoms with van der Waals surface area (Å²) in [5.74, 6) is 2.13. The SMILES string of the molecule is COc1ccc(CC2CCN(C(=O)c3coc(CN)n3)C2)cc1OC. The first-order valence-electron chi connectivity index (χ1n) is 8.29. The average molecular weight is 345 g/mol. The lowest BCUT2D eigenvalue weighted by atomic mass is 9.98. The van der Waals surface area contributed by atoms with E-state index in [1.54, 1.807) is 14.2 Å². The average Bonchev–Trinajstić information content (AvgIpc) is 3.30. The topological polar surface area (TPSA) is 90.8 Å². The number of rotatable bonds is 6. The standard InChI is InChI=1S/C18H23N3O4/c1-23-15-4-3-12(8-16(15)24-2)7-13-5-6-21(10-13)18(22)14-11-25-17(9-19)20-14/h3-4,8,11,13H,5-7,9-10,19H2,1-2H3. The van der Waals surface area contributed by atoms with E-state index in [2.05, 4.69) is 4.98 Å². The van der Waals surface area contributed by atoms with Crippen LogP contribution in [0.2, 0.25) is 0 Å². The normalized spacial score (nSPS) is 16.9. The molecule has 1 aliphatic rings. The number of amides is 1. The van der Waals surface area contributed by atoms with Gasteiger partial charge >= 0.3 is 0 Å². The van der Waals surface area contributed by atoms with Crippen molar-refractivity contribution in [2.75, 3.05) is 27.3 Å². The van der Waals surface area contributed by atoms with Crippen molar-refractivity contribution in [1.29, 1.82) is 0 Å². The summed E-state index contributed by atoms with van der Waals surface area (Å²) in [7, 11) is 3.25. The third kappa shape index (κ3) is 3.76. The second kappa shape index (κ2) is 7.57. The molecule has 1 amide bonds. The first-order valence-corrected chi connectivity index (χ1v) is 8.29. The molecule has 7 heteroatoms. The molecule has 0 spiro atoms. The number of carbonyl (C=O) groups excluding carboxylic acids is 1. The molecule has 0 bridgehead atoms. The first-order chi connectivity index (χ1) is 12.1. The van der Waals surface area contributed by atoms with Crippen molar-refractivity contribution in [2.45, 2.75) is 19.4 Å². The van der Waals surface area contributed by atoms with Gasteiger partial charge in [-0.2, -0.15) is 0 Å². The summed E-state index contributed by atoms with van der Waals surface area (Å²) < 4.78 is 15.8. The minimum Gasteiger partial charge on any atom is -0.493 e. The van der Waals surface area contributed by atoms with E-state index in [0.29, 0.717) is 24.0 Å². The molecular formula is C18H23N3O4. The predicted molar refractivity (Wildman–Crippen MR) is 91.7 cm³/mol. The maximum Gasteiger partial charge on any atom is 0.275 e. The van der Waals surface area contributed by atoms with Crippen molar-refractivity contribution in [3.8, 4) is 11.5 Å². The van der Waals surface area contributed by atoms with Crippen molar-refractivity contribution in [3.63, 3.8) is 0 Å². The molecule has 3 rings (SSSR count). The number of methoxy groups -OCH3 is 2. The quantitative estimate of drug-likeness (QED) is 0.859.